The van der Waals surface area contributed by atoms with Crippen molar-refractivity contribution in [2.45, 2.75) is 32.1 Å². The number of nitrogens with zero attached hydrogens (tertiary/aromatic N) is 1. The number of nitrogens with two attached hydrogens (primary N) is 1. The fourth-order valence-corrected chi connectivity index (χ4v) is 2.66. The SMILES string of the molecule is NC(=O)c1cccc(C(=O)NCCCN2CCCCCC2=O)c1. The van der Waals surface area contributed by atoms with Gasteiger partial charge in [-0.15, -0.1) is 0 Å². The molecule has 0 radical (unpaired) electrons. The fourth-order valence-electron chi connectivity index (χ4n) is 2.66. The summed E-state index contributed by atoms with van der Waals surface area (Å²) in [4.78, 5) is 36.9. The van der Waals surface area contributed by atoms with Gasteiger partial charge in [-0.25, -0.2) is 0 Å². The van der Waals surface area contributed by atoms with Crippen LogP contribution in [0.25, 0.3) is 0 Å². The molecule has 6 nitrogen and oxygen atoms in total. The van der Waals surface area contributed by atoms with Gasteiger partial charge in [0.15, 0.2) is 0 Å². The van der Waals surface area contributed by atoms with Crippen LogP contribution in [0.15, 0.2) is 24.3 Å². The minimum Gasteiger partial charge on any atom is -0.366 e. The average molecular weight is 317 g/mol. The van der Waals surface area contributed by atoms with Crippen molar-refractivity contribution >= 4 is 17.7 Å². The first-order valence-corrected chi connectivity index (χ1v) is 8.04. The molecule has 1 saturated heterocycles. The average Bonchev–Trinajstić information content (AvgIpc) is 2.76. The number of benzene rings is 1. The number of likely N-dealkylation sites (tertiary alicyclic amines) is 1. The highest BCUT2D eigenvalue weighted by atomic mass is 16.2. The summed E-state index contributed by atoms with van der Waals surface area (Å²) >= 11 is 0. The fraction of sp³-hybridized carbons (Fsp3) is 0.471. The lowest BCUT2D eigenvalue weighted by Gasteiger charge is -2.20. The van der Waals surface area contributed by atoms with Crippen LogP contribution in [0.4, 0.5) is 0 Å². The Bertz CT molecular complexity index is 586. The van der Waals surface area contributed by atoms with Crippen molar-refractivity contribution in [3.63, 3.8) is 0 Å². The lowest BCUT2D eigenvalue weighted by molar-refractivity contribution is -0.130. The minimum atomic E-state index is -0.556. The van der Waals surface area contributed by atoms with E-state index < -0.39 is 5.91 Å². The first-order valence-electron chi connectivity index (χ1n) is 8.04. The number of primary amides is 1. The van der Waals surface area contributed by atoms with Gasteiger partial charge in [0.2, 0.25) is 11.8 Å². The molecular formula is C17H23N3O3. The summed E-state index contributed by atoms with van der Waals surface area (Å²) in [5.74, 6) is -0.586. The molecule has 0 aliphatic carbocycles. The van der Waals surface area contributed by atoms with E-state index in [1.807, 2.05) is 4.90 Å². The van der Waals surface area contributed by atoms with Crippen molar-refractivity contribution in [1.82, 2.24) is 10.2 Å². The Balaban J connectivity index is 1.77. The minimum absolute atomic E-state index is 0.211. The molecule has 0 bridgehead atoms. The van der Waals surface area contributed by atoms with Gasteiger partial charge in [-0.1, -0.05) is 12.5 Å². The van der Waals surface area contributed by atoms with Crippen molar-refractivity contribution in [3.8, 4) is 0 Å². The van der Waals surface area contributed by atoms with Gasteiger partial charge >= 0.3 is 0 Å². The van der Waals surface area contributed by atoms with Gasteiger partial charge in [0.1, 0.15) is 0 Å². The maximum Gasteiger partial charge on any atom is 0.251 e. The summed E-state index contributed by atoms with van der Waals surface area (Å²) < 4.78 is 0. The standard InChI is InChI=1S/C17H23N3O3/c18-16(22)13-6-4-7-14(12-13)17(23)19-9-5-11-20-10-3-1-2-8-15(20)21/h4,6-7,12H,1-3,5,8-11H2,(H2,18,22)(H,19,23). The molecule has 2 rings (SSSR count). The highest BCUT2D eigenvalue weighted by molar-refractivity contribution is 5.99. The highest BCUT2D eigenvalue weighted by Gasteiger charge is 2.16. The number of rotatable bonds is 6. The molecule has 0 unspecified atom stereocenters. The molecule has 1 fully saturated rings. The normalized spacial score (nSPS) is 15.1. The van der Waals surface area contributed by atoms with Crippen molar-refractivity contribution in [3.05, 3.63) is 35.4 Å². The summed E-state index contributed by atoms with van der Waals surface area (Å²) in [5, 5.41) is 2.81. The van der Waals surface area contributed by atoms with E-state index in [9.17, 15) is 14.4 Å². The number of hydrogen-bond acceptors (Lipinski definition) is 3. The molecule has 3 amide bonds. The zero-order valence-electron chi connectivity index (χ0n) is 13.2. The number of hydrogen-bond donors (Lipinski definition) is 2. The van der Waals surface area contributed by atoms with Gasteiger partial charge in [-0.2, -0.15) is 0 Å². The third-order valence-corrected chi connectivity index (χ3v) is 3.97. The molecule has 23 heavy (non-hydrogen) atoms. The van der Waals surface area contributed by atoms with Crippen molar-refractivity contribution < 1.29 is 14.4 Å². The molecule has 1 heterocycles. The smallest absolute Gasteiger partial charge is 0.251 e. The Morgan fingerprint density at radius 1 is 1.17 bits per heavy atom. The van der Waals surface area contributed by atoms with Crippen molar-refractivity contribution in [2.75, 3.05) is 19.6 Å². The number of carbonyl (C=O) groups is 3. The van der Waals surface area contributed by atoms with Crippen molar-refractivity contribution in [2.24, 2.45) is 5.73 Å². The third-order valence-electron chi connectivity index (χ3n) is 3.97. The Hall–Kier alpha value is -2.37. The molecule has 0 spiro atoms. The van der Waals surface area contributed by atoms with Crippen LogP contribution in [-0.4, -0.2) is 42.3 Å². The van der Waals surface area contributed by atoms with E-state index in [-0.39, 0.29) is 11.8 Å². The lowest BCUT2D eigenvalue weighted by atomic mass is 10.1. The number of nitrogens with one attached hydrogen (secondary N) is 1. The molecule has 1 aliphatic rings. The van der Waals surface area contributed by atoms with Crippen LogP contribution in [0.2, 0.25) is 0 Å². The van der Waals surface area contributed by atoms with E-state index in [2.05, 4.69) is 5.32 Å². The Labute approximate surface area is 136 Å². The molecule has 3 N–H and O–H groups in total. The summed E-state index contributed by atoms with van der Waals surface area (Å²) in [5.41, 5.74) is 5.93. The first-order chi connectivity index (χ1) is 11.1. The zero-order valence-corrected chi connectivity index (χ0v) is 13.2. The topological polar surface area (TPSA) is 92.5 Å². The van der Waals surface area contributed by atoms with Crippen LogP contribution in [0, 0.1) is 0 Å². The van der Waals surface area contributed by atoms with Crippen LogP contribution >= 0.6 is 0 Å². The van der Waals surface area contributed by atoms with E-state index >= 15 is 0 Å². The van der Waals surface area contributed by atoms with Gasteiger partial charge in [0.05, 0.1) is 0 Å². The molecule has 1 aromatic rings. The number of amides is 3. The third kappa shape index (κ3) is 5.09. The van der Waals surface area contributed by atoms with Crippen LogP contribution in [-0.2, 0) is 4.79 Å². The van der Waals surface area contributed by atoms with Crippen LogP contribution < -0.4 is 11.1 Å². The molecule has 124 valence electrons. The van der Waals surface area contributed by atoms with Crippen LogP contribution in [0.3, 0.4) is 0 Å². The maximum absolute atomic E-state index is 12.0. The van der Waals surface area contributed by atoms with E-state index in [4.69, 9.17) is 5.73 Å². The second-order valence-corrected chi connectivity index (χ2v) is 5.75. The molecule has 0 atom stereocenters. The Kier molecular flexibility index (Phi) is 6.14. The molecular weight excluding hydrogens is 294 g/mol. The van der Waals surface area contributed by atoms with Crippen LogP contribution in [0.1, 0.15) is 52.8 Å². The predicted molar refractivity (Wildman–Crippen MR) is 87.0 cm³/mol. The molecule has 1 aliphatic heterocycles. The van der Waals surface area contributed by atoms with E-state index in [0.29, 0.717) is 37.1 Å². The monoisotopic (exact) mass is 317 g/mol. The first kappa shape index (κ1) is 17.0. The van der Waals surface area contributed by atoms with E-state index in [0.717, 1.165) is 25.8 Å². The molecule has 0 aromatic heterocycles. The summed E-state index contributed by atoms with van der Waals surface area (Å²) in [6.45, 7) is 1.97. The van der Waals surface area contributed by atoms with Gasteiger partial charge in [-0.05, 0) is 37.5 Å². The lowest BCUT2D eigenvalue weighted by Crippen LogP contribution is -2.34. The maximum atomic E-state index is 12.0. The Morgan fingerprint density at radius 3 is 2.74 bits per heavy atom. The molecule has 1 aromatic carbocycles. The van der Waals surface area contributed by atoms with E-state index in [1.165, 1.54) is 6.07 Å². The molecule has 0 saturated carbocycles. The summed E-state index contributed by atoms with van der Waals surface area (Å²) in [6, 6.07) is 6.32. The van der Waals surface area contributed by atoms with Gasteiger partial charge in [-0.3, -0.25) is 14.4 Å². The number of carbonyl (C=O) groups excluding carboxylic acids is 3. The zero-order chi connectivity index (χ0) is 16.7. The van der Waals surface area contributed by atoms with Crippen LogP contribution in [0.5, 0.6) is 0 Å². The summed E-state index contributed by atoms with van der Waals surface area (Å²) in [6.07, 6.45) is 4.48. The quantitative estimate of drug-likeness (QED) is 0.775. The Morgan fingerprint density at radius 2 is 1.96 bits per heavy atom. The van der Waals surface area contributed by atoms with Gasteiger partial charge < -0.3 is 16.0 Å². The summed E-state index contributed by atoms with van der Waals surface area (Å²) in [7, 11) is 0. The van der Waals surface area contributed by atoms with Gasteiger partial charge in [0.25, 0.3) is 5.91 Å². The second kappa shape index (κ2) is 8.31. The largest absolute Gasteiger partial charge is 0.366 e. The second-order valence-electron chi connectivity index (χ2n) is 5.75. The highest BCUT2D eigenvalue weighted by Crippen LogP contribution is 2.11. The van der Waals surface area contributed by atoms with Gasteiger partial charge in [0, 0.05) is 37.2 Å². The van der Waals surface area contributed by atoms with Crippen molar-refractivity contribution in [1.29, 1.82) is 0 Å². The molecule has 6 heteroatoms. The van der Waals surface area contributed by atoms with E-state index in [1.54, 1.807) is 18.2 Å². The predicted octanol–water partition coefficient (Wildman–Crippen LogP) is 1.31.